The number of carbonyl (C=O) groups is 1. The smallest absolute Gasteiger partial charge is 0.250 e. The van der Waals surface area contributed by atoms with E-state index in [1.54, 1.807) is 41.3 Å². The Morgan fingerprint density at radius 1 is 1.44 bits per heavy atom. The molecule has 1 amide bonds. The molecule has 2 rings (SSSR count). The van der Waals surface area contributed by atoms with Crippen LogP contribution in [-0.4, -0.2) is 30.1 Å². The van der Waals surface area contributed by atoms with E-state index in [0.29, 0.717) is 0 Å². The fraction of sp³-hybridized carbons (Fsp3) is 0.357. The number of anilines is 1. The molecule has 1 aliphatic rings. The number of amides is 1. The first-order chi connectivity index (χ1) is 8.72. The molecule has 1 aromatic rings. The highest BCUT2D eigenvalue weighted by atomic mass is 16.3. The molecule has 1 aliphatic heterocycles. The molecule has 0 aliphatic carbocycles. The minimum Gasteiger partial charge on any atom is -0.508 e. The Labute approximate surface area is 107 Å². The number of phenolic OH excluding ortho intramolecular Hbond substituents is 1. The first kappa shape index (κ1) is 12.6. The van der Waals surface area contributed by atoms with Crippen molar-refractivity contribution in [2.45, 2.75) is 19.4 Å². The molecule has 4 heteroatoms. The Balaban J connectivity index is 2.28. The van der Waals surface area contributed by atoms with E-state index in [1.165, 1.54) is 0 Å². The zero-order valence-corrected chi connectivity index (χ0v) is 10.5. The summed E-state index contributed by atoms with van der Waals surface area (Å²) in [7, 11) is 0. The molecule has 1 fully saturated rings. The second kappa shape index (κ2) is 5.69. The van der Waals surface area contributed by atoms with Gasteiger partial charge in [0.05, 0.1) is 6.04 Å². The SMILES string of the molecule is CC=CC(=O)N(c1ccc(O)cc1)C1CCNC1. The number of nitrogens with one attached hydrogen (secondary N) is 1. The van der Waals surface area contributed by atoms with Crippen LogP contribution < -0.4 is 10.2 Å². The number of aromatic hydroxyl groups is 1. The van der Waals surface area contributed by atoms with Crippen LogP contribution in [0.5, 0.6) is 5.75 Å². The molecule has 1 aromatic carbocycles. The van der Waals surface area contributed by atoms with Gasteiger partial charge in [0.15, 0.2) is 0 Å². The van der Waals surface area contributed by atoms with E-state index >= 15 is 0 Å². The lowest BCUT2D eigenvalue weighted by Crippen LogP contribution is -2.40. The van der Waals surface area contributed by atoms with Crippen LogP contribution in [0.2, 0.25) is 0 Å². The van der Waals surface area contributed by atoms with E-state index in [4.69, 9.17) is 0 Å². The van der Waals surface area contributed by atoms with Crippen molar-refractivity contribution in [3.05, 3.63) is 36.4 Å². The molecule has 1 unspecified atom stereocenters. The fourth-order valence-electron chi connectivity index (χ4n) is 2.21. The topological polar surface area (TPSA) is 52.6 Å². The van der Waals surface area contributed by atoms with Crippen LogP contribution in [0.15, 0.2) is 36.4 Å². The third-order valence-electron chi connectivity index (χ3n) is 3.07. The largest absolute Gasteiger partial charge is 0.508 e. The lowest BCUT2D eigenvalue weighted by Gasteiger charge is -2.27. The van der Waals surface area contributed by atoms with Crippen molar-refractivity contribution < 1.29 is 9.90 Å². The summed E-state index contributed by atoms with van der Waals surface area (Å²) in [5, 5.41) is 12.6. The molecule has 0 radical (unpaired) electrons. The Hall–Kier alpha value is -1.81. The molecule has 0 saturated carbocycles. The van der Waals surface area contributed by atoms with Crippen molar-refractivity contribution in [1.82, 2.24) is 5.32 Å². The van der Waals surface area contributed by atoms with Gasteiger partial charge in [-0.3, -0.25) is 4.79 Å². The Morgan fingerprint density at radius 3 is 2.72 bits per heavy atom. The number of allylic oxidation sites excluding steroid dienone is 1. The van der Waals surface area contributed by atoms with Crippen molar-refractivity contribution in [3.8, 4) is 5.75 Å². The molecule has 1 saturated heterocycles. The van der Waals surface area contributed by atoms with Crippen LogP contribution in [0.3, 0.4) is 0 Å². The summed E-state index contributed by atoms with van der Waals surface area (Å²) in [5.41, 5.74) is 0.824. The summed E-state index contributed by atoms with van der Waals surface area (Å²) in [6.45, 7) is 3.58. The van der Waals surface area contributed by atoms with Gasteiger partial charge >= 0.3 is 0 Å². The van der Waals surface area contributed by atoms with E-state index in [1.807, 2.05) is 6.92 Å². The van der Waals surface area contributed by atoms with Gasteiger partial charge in [-0.1, -0.05) is 6.08 Å². The van der Waals surface area contributed by atoms with Crippen molar-refractivity contribution in [3.63, 3.8) is 0 Å². The quantitative estimate of drug-likeness (QED) is 0.798. The Kier molecular flexibility index (Phi) is 3.99. The van der Waals surface area contributed by atoms with Crippen LogP contribution in [0.1, 0.15) is 13.3 Å². The van der Waals surface area contributed by atoms with Crippen molar-refractivity contribution in [1.29, 1.82) is 0 Å². The molecule has 18 heavy (non-hydrogen) atoms. The van der Waals surface area contributed by atoms with Gasteiger partial charge < -0.3 is 15.3 Å². The number of carbonyl (C=O) groups excluding carboxylic acids is 1. The number of benzene rings is 1. The standard InChI is InChI=1S/C14H18N2O2/c1-2-3-14(18)16(12-8-9-15-10-12)11-4-6-13(17)7-5-11/h2-7,12,15,17H,8-10H2,1H3. The van der Waals surface area contributed by atoms with Gasteiger partial charge in [0, 0.05) is 12.2 Å². The number of rotatable bonds is 3. The van der Waals surface area contributed by atoms with E-state index in [2.05, 4.69) is 5.32 Å². The maximum Gasteiger partial charge on any atom is 0.250 e. The summed E-state index contributed by atoms with van der Waals surface area (Å²) >= 11 is 0. The van der Waals surface area contributed by atoms with E-state index in [9.17, 15) is 9.90 Å². The van der Waals surface area contributed by atoms with E-state index in [0.717, 1.165) is 25.2 Å². The number of hydrogen-bond donors (Lipinski definition) is 2. The predicted octanol–water partition coefficient (Wildman–Crippen LogP) is 1.66. The molecule has 1 atom stereocenters. The number of phenols is 1. The lowest BCUT2D eigenvalue weighted by molar-refractivity contribution is -0.114. The lowest BCUT2D eigenvalue weighted by atomic mass is 10.1. The predicted molar refractivity (Wildman–Crippen MR) is 71.7 cm³/mol. The van der Waals surface area contributed by atoms with Gasteiger partial charge in [-0.25, -0.2) is 0 Å². The molecule has 0 bridgehead atoms. The summed E-state index contributed by atoms with van der Waals surface area (Å²) in [6.07, 6.45) is 4.27. The third kappa shape index (κ3) is 2.71. The second-order valence-electron chi connectivity index (χ2n) is 4.37. The average molecular weight is 246 g/mol. The van der Waals surface area contributed by atoms with Crippen LogP contribution in [0.4, 0.5) is 5.69 Å². The highest BCUT2D eigenvalue weighted by Gasteiger charge is 2.26. The fourth-order valence-corrected chi connectivity index (χ4v) is 2.21. The maximum atomic E-state index is 12.2. The van der Waals surface area contributed by atoms with E-state index < -0.39 is 0 Å². The molecule has 4 nitrogen and oxygen atoms in total. The third-order valence-corrected chi connectivity index (χ3v) is 3.07. The molecule has 96 valence electrons. The Morgan fingerprint density at radius 2 is 2.17 bits per heavy atom. The van der Waals surface area contributed by atoms with Crippen molar-refractivity contribution >= 4 is 11.6 Å². The van der Waals surface area contributed by atoms with Gasteiger partial charge in [-0.2, -0.15) is 0 Å². The molecular formula is C14H18N2O2. The molecule has 2 N–H and O–H groups in total. The molecule has 1 heterocycles. The minimum atomic E-state index is -0.0168. The Bertz CT molecular complexity index is 434. The monoisotopic (exact) mass is 246 g/mol. The first-order valence-corrected chi connectivity index (χ1v) is 6.18. The van der Waals surface area contributed by atoms with Gasteiger partial charge in [0.25, 0.3) is 5.91 Å². The van der Waals surface area contributed by atoms with Gasteiger partial charge in [0.2, 0.25) is 0 Å². The summed E-state index contributed by atoms with van der Waals surface area (Å²) in [6, 6.07) is 6.93. The van der Waals surface area contributed by atoms with Crippen LogP contribution in [0.25, 0.3) is 0 Å². The van der Waals surface area contributed by atoms with Gasteiger partial charge in [-0.15, -0.1) is 0 Å². The highest BCUT2D eigenvalue weighted by molar-refractivity contribution is 6.02. The summed E-state index contributed by atoms with van der Waals surface area (Å²) in [5.74, 6) is 0.193. The van der Waals surface area contributed by atoms with Crippen LogP contribution >= 0.6 is 0 Å². The molecule has 0 spiro atoms. The maximum absolute atomic E-state index is 12.2. The first-order valence-electron chi connectivity index (χ1n) is 6.18. The number of hydrogen-bond acceptors (Lipinski definition) is 3. The van der Waals surface area contributed by atoms with Gasteiger partial charge in [-0.05, 0) is 50.2 Å². The van der Waals surface area contributed by atoms with Crippen LogP contribution in [0, 0.1) is 0 Å². The summed E-state index contributed by atoms with van der Waals surface area (Å²) in [4.78, 5) is 14.0. The zero-order chi connectivity index (χ0) is 13.0. The molecule has 0 aromatic heterocycles. The zero-order valence-electron chi connectivity index (χ0n) is 10.5. The minimum absolute atomic E-state index is 0.0168. The highest BCUT2D eigenvalue weighted by Crippen LogP contribution is 2.23. The second-order valence-corrected chi connectivity index (χ2v) is 4.37. The number of nitrogens with zero attached hydrogens (tertiary/aromatic N) is 1. The average Bonchev–Trinajstić information content (AvgIpc) is 2.86. The van der Waals surface area contributed by atoms with Gasteiger partial charge in [0.1, 0.15) is 5.75 Å². The normalized spacial score (nSPS) is 19.3. The van der Waals surface area contributed by atoms with Crippen LogP contribution in [-0.2, 0) is 4.79 Å². The molecular weight excluding hydrogens is 228 g/mol. The van der Waals surface area contributed by atoms with E-state index in [-0.39, 0.29) is 17.7 Å². The van der Waals surface area contributed by atoms with Crippen molar-refractivity contribution in [2.75, 3.05) is 18.0 Å². The summed E-state index contributed by atoms with van der Waals surface area (Å²) < 4.78 is 0. The van der Waals surface area contributed by atoms with Crippen molar-refractivity contribution in [2.24, 2.45) is 0 Å².